The zero-order valence-corrected chi connectivity index (χ0v) is 22.0. The molecular formula is C30H42O7. The van der Waals surface area contributed by atoms with Gasteiger partial charge in [-0.05, 0) is 51.4 Å². The molecule has 0 aromatic heterocycles. The molecule has 0 aromatic carbocycles. The number of rotatable bonds is 3. The van der Waals surface area contributed by atoms with E-state index in [9.17, 15) is 15.0 Å². The topological polar surface area (TPSA) is 97.8 Å². The molecule has 0 saturated carbocycles. The van der Waals surface area contributed by atoms with Crippen molar-refractivity contribution in [3.63, 3.8) is 0 Å². The van der Waals surface area contributed by atoms with Crippen molar-refractivity contribution < 1.29 is 34.0 Å². The van der Waals surface area contributed by atoms with Crippen LogP contribution in [0.2, 0.25) is 0 Å². The van der Waals surface area contributed by atoms with Gasteiger partial charge >= 0.3 is 5.97 Å². The van der Waals surface area contributed by atoms with Gasteiger partial charge in [-0.25, -0.2) is 4.79 Å². The third kappa shape index (κ3) is 8.76. The Morgan fingerprint density at radius 1 is 1.14 bits per heavy atom. The average molecular weight is 515 g/mol. The molecule has 204 valence electrons. The molecule has 0 radical (unpaired) electrons. The summed E-state index contributed by atoms with van der Waals surface area (Å²) in [6.45, 7) is 8.98. The summed E-state index contributed by atoms with van der Waals surface area (Å²) < 4.78 is 23.4. The van der Waals surface area contributed by atoms with Crippen molar-refractivity contribution >= 4 is 5.97 Å². The lowest BCUT2D eigenvalue weighted by molar-refractivity contribution is -0.148. The number of carbonyl (C=O) groups is 1. The third-order valence-corrected chi connectivity index (χ3v) is 7.44. The van der Waals surface area contributed by atoms with Crippen LogP contribution >= 0.6 is 0 Å². The fraction of sp³-hybridized carbons (Fsp3) is 0.633. The highest BCUT2D eigenvalue weighted by molar-refractivity contribution is 5.82. The van der Waals surface area contributed by atoms with Crippen LogP contribution in [0.1, 0.15) is 58.8 Å². The number of ether oxygens (including phenoxy) is 4. The molecule has 9 atom stereocenters. The monoisotopic (exact) mass is 514 g/mol. The first-order chi connectivity index (χ1) is 17.8. The number of esters is 1. The molecule has 2 N–H and O–H groups in total. The minimum absolute atomic E-state index is 0.0863. The lowest BCUT2D eigenvalue weighted by Crippen LogP contribution is -2.32. The van der Waals surface area contributed by atoms with E-state index in [0.717, 1.165) is 31.3 Å². The second kappa shape index (κ2) is 13.2. The predicted octanol–water partition coefficient (Wildman–Crippen LogP) is 4.11. The summed E-state index contributed by atoms with van der Waals surface area (Å²) in [5.41, 5.74) is 2.23. The molecule has 4 aliphatic heterocycles. The lowest BCUT2D eigenvalue weighted by Gasteiger charge is -2.28. The highest BCUT2D eigenvalue weighted by atomic mass is 16.6. The van der Waals surface area contributed by atoms with E-state index in [1.807, 2.05) is 18.2 Å². The molecule has 4 rings (SSSR count). The number of epoxide rings is 1. The van der Waals surface area contributed by atoms with Crippen molar-refractivity contribution in [1.29, 1.82) is 0 Å². The van der Waals surface area contributed by atoms with Crippen LogP contribution in [0.25, 0.3) is 0 Å². The zero-order valence-electron chi connectivity index (χ0n) is 22.0. The molecular weight excluding hydrogens is 472 g/mol. The second-order valence-electron chi connectivity index (χ2n) is 11.0. The number of fused-ring (bicyclic) bond motifs is 3. The smallest absolute Gasteiger partial charge is 0.330 e. The maximum absolute atomic E-state index is 12.6. The van der Waals surface area contributed by atoms with E-state index in [4.69, 9.17) is 18.9 Å². The molecule has 0 spiro atoms. The highest BCUT2D eigenvalue weighted by Gasteiger charge is 2.46. The SMILES string of the molecule is C=C1CC(C)CC2CC=CC(C/C=C\C(=O)O[C@@H]([C@H](O)/C=C/C3CC(C)=CCO3)C[C@H]3O[C@@H]3C(O)C1)O2. The van der Waals surface area contributed by atoms with E-state index in [2.05, 4.69) is 26.5 Å². The van der Waals surface area contributed by atoms with E-state index < -0.39 is 24.3 Å². The second-order valence-corrected chi connectivity index (χ2v) is 11.0. The van der Waals surface area contributed by atoms with Crippen LogP contribution in [0.3, 0.4) is 0 Å². The van der Waals surface area contributed by atoms with Gasteiger partial charge in [0.2, 0.25) is 0 Å². The average Bonchev–Trinajstić information content (AvgIpc) is 3.61. The quantitative estimate of drug-likeness (QED) is 0.332. The lowest BCUT2D eigenvalue weighted by atomic mass is 9.91. The molecule has 4 heterocycles. The Morgan fingerprint density at radius 3 is 2.78 bits per heavy atom. The van der Waals surface area contributed by atoms with Gasteiger partial charge in [0, 0.05) is 12.5 Å². The number of hydrogen-bond donors (Lipinski definition) is 2. The molecule has 1 fully saturated rings. The first kappa shape index (κ1) is 28.0. The maximum Gasteiger partial charge on any atom is 0.330 e. The highest BCUT2D eigenvalue weighted by Crippen LogP contribution is 2.35. The Bertz CT molecular complexity index is 919. The number of cyclic esters (lactones) is 1. The molecule has 37 heavy (non-hydrogen) atoms. The zero-order chi connectivity index (χ0) is 26.4. The molecule has 0 amide bonds. The van der Waals surface area contributed by atoms with Crippen molar-refractivity contribution in [3.05, 3.63) is 60.3 Å². The van der Waals surface area contributed by atoms with Crippen LogP contribution < -0.4 is 0 Å². The predicted molar refractivity (Wildman–Crippen MR) is 141 cm³/mol. The summed E-state index contributed by atoms with van der Waals surface area (Å²) in [5.74, 6) is -0.141. The first-order valence-corrected chi connectivity index (χ1v) is 13.6. The Balaban J connectivity index is 1.44. The molecule has 5 unspecified atom stereocenters. The number of aliphatic hydroxyl groups excluding tert-OH is 2. The van der Waals surface area contributed by atoms with Gasteiger partial charge in [0.1, 0.15) is 18.3 Å². The molecule has 4 aliphatic rings. The molecule has 0 aliphatic carbocycles. The largest absolute Gasteiger partial charge is 0.456 e. The van der Waals surface area contributed by atoms with E-state index in [1.165, 1.54) is 11.6 Å². The fourth-order valence-electron chi connectivity index (χ4n) is 5.45. The van der Waals surface area contributed by atoms with Crippen molar-refractivity contribution in [2.75, 3.05) is 6.61 Å². The normalized spacial score (nSPS) is 39.6. The summed E-state index contributed by atoms with van der Waals surface area (Å²) in [5, 5.41) is 21.7. The van der Waals surface area contributed by atoms with Gasteiger partial charge < -0.3 is 29.2 Å². The summed E-state index contributed by atoms with van der Waals surface area (Å²) in [6.07, 6.45) is 14.3. The van der Waals surface area contributed by atoms with Crippen molar-refractivity contribution in [2.45, 2.75) is 108 Å². The first-order valence-electron chi connectivity index (χ1n) is 13.6. The van der Waals surface area contributed by atoms with Gasteiger partial charge in [-0.15, -0.1) is 0 Å². The van der Waals surface area contributed by atoms with Crippen LogP contribution in [0, 0.1) is 5.92 Å². The van der Waals surface area contributed by atoms with E-state index in [0.29, 0.717) is 25.4 Å². The maximum atomic E-state index is 12.6. The number of hydrogen-bond acceptors (Lipinski definition) is 7. The molecule has 2 bridgehead atoms. The molecule has 1 saturated heterocycles. The van der Waals surface area contributed by atoms with Gasteiger partial charge in [-0.2, -0.15) is 0 Å². The van der Waals surface area contributed by atoms with Gasteiger partial charge in [0.05, 0.1) is 37.1 Å². The number of carbonyl (C=O) groups excluding carboxylic acids is 1. The third-order valence-electron chi connectivity index (χ3n) is 7.44. The molecule has 0 aromatic rings. The van der Waals surface area contributed by atoms with Crippen LogP contribution in [0.5, 0.6) is 0 Å². The van der Waals surface area contributed by atoms with E-state index >= 15 is 0 Å². The van der Waals surface area contributed by atoms with Crippen LogP contribution in [0.15, 0.2) is 60.3 Å². The standard InChI is InChI=1S/C30H42O7/c1-19-12-13-34-23(15-19)10-11-25(31)27-18-28-30(37-28)26(32)17-21(3)14-20(2)16-24-8-4-6-22(35-24)7-5-9-29(33)36-27/h4-6,9-12,20,22-28,30-32H,3,7-8,13-18H2,1-2H3/b9-5-,11-10+/t20?,22?,23?,24?,25-,26?,27-,28-,30-/m1/s1. The van der Waals surface area contributed by atoms with Gasteiger partial charge in [-0.1, -0.05) is 61.1 Å². The minimum Gasteiger partial charge on any atom is -0.456 e. The van der Waals surface area contributed by atoms with Crippen molar-refractivity contribution in [1.82, 2.24) is 0 Å². The van der Waals surface area contributed by atoms with E-state index in [1.54, 1.807) is 12.2 Å². The summed E-state index contributed by atoms with van der Waals surface area (Å²) in [7, 11) is 0. The van der Waals surface area contributed by atoms with Crippen molar-refractivity contribution in [3.8, 4) is 0 Å². The van der Waals surface area contributed by atoms with E-state index in [-0.39, 0.29) is 36.9 Å². The fourth-order valence-corrected chi connectivity index (χ4v) is 5.45. The van der Waals surface area contributed by atoms with Gasteiger partial charge in [0.15, 0.2) is 0 Å². The molecule has 7 nitrogen and oxygen atoms in total. The Morgan fingerprint density at radius 2 is 1.97 bits per heavy atom. The summed E-state index contributed by atoms with van der Waals surface area (Å²) in [4.78, 5) is 12.6. The summed E-state index contributed by atoms with van der Waals surface area (Å²) >= 11 is 0. The Hall–Kier alpha value is -2.03. The van der Waals surface area contributed by atoms with Gasteiger partial charge in [-0.3, -0.25) is 0 Å². The summed E-state index contributed by atoms with van der Waals surface area (Å²) in [6, 6.07) is 0. The Labute approximate surface area is 220 Å². The Kier molecular flexibility index (Phi) is 9.96. The number of aliphatic hydroxyl groups is 2. The van der Waals surface area contributed by atoms with Crippen LogP contribution in [-0.2, 0) is 23.7 Å². The molecule has 7 heteroatoms. The van der Waals surface area contributed by atoms with Crippen LogP contribution in [-0.4, -0.2) is 71.6 Å². The minimum atomic E-state index is -1.03. The van der Waals surface area contributed by atoms with Gasteiger partial charge in [0.25, 0.3) is 0 Å². The van der Waals surface area contributed by atoms with Crippen LogP contribution in [0.4, 0.5) is 0 Å². The van der Waals surface area contributed by atoms with Crippen molar-refractivity contribution in [2.24, 2.45) is 5.92 Å².